The molecular weight excluding hydrogens is 282 g/mol. The minimum Gasteiger partial charge on any atom is -0.385 e. The number of nitrogens with zero attached hydrogens (tertiary/aromatic N) is 1. The maximum atomic E-state index is 3.79. The lowest BCUT2D eigenvalue weighted by molar-refractivity contribution is 0.0817. The highest BCUT2D eigenvalue weighted by atomic mass is 15.2. The predicted octanol–water partition coefficient (Wildman–Crippen LogP) is 3.12. The van der Waals surface area contributed by atoms with Gasteiger partial charge in [-0.1, -0.05) is 18.2 Å². The van der Waals surface area contributed by atoms with Gasteiger partial charge in [-0.05, 0) is 69.7 Å². The second kappa shape index (κ2) is 5.49. The third kappa shape index (κ3) is 2.40. The molecule has 4 aliphatic rings. The van der Waals surface area contributed by atoms with Gasteiger partial charge in [0.15, 0.2) is 0 Å². The Morgan fingerprint density at radius 1 is 0.957 bits per heavy atom. The molecule has 2 atom stereocenters. The Balaban J connectivity index is 1.31. The molecule has 1 aromatic rings. The summed E-state index contributed by atoms with van der Waals surface area (Å²) in [4.78, 5) is 2.84. The quantitative estimate of drug-likeness (QED) is 0.834. The van der Waals surface area contributed by atoms with Crippen LogP contribution in [0, 0.1) is 0 Å². The molecule has 0 radical (unpaired) electrons. The summed E-state index contributed by atoms with van der Waals surface area (Å²) in [6.07, 6.45) is 9.63. The monoisotopic (exact) mass is 311 g/mol. The van der Waals surface area contributed by atoms with Crippen molar-refractivity contribution in [1.82, 2.24) is 10.2 Å². The van der Waals surface area contributed by atoms with E-state index in [-0.39, 0.29) is 0 Å². The van der Waals surface area contributed by atoms with Crippen molar-refractivity contribution in [2.24, 2.45) is 0 Å². The number of rotatable bonds is 1. The number of para-hydroxylation sites is 1. The summed E-state index contributed by atoms with van der Waals surface area (Å²) in [5.41, 5.74) is 3.44. The van der Waals surface area contributed by atoms with Gasteiger partial charge in [0.1, 0.15) is 0 Å². The zero-order valence-electron chi connectivity index (χ0n) is 14.1. The molecule has 4 heterocycles. The van der Waals surface area contributed by atoms with E-state index in [1.165, 1.54) is 63.7 Å². The Morgan fingerprint density at radius 3 is 2.48 bits per heavy atom. The molecule has 3 heteroatoms. The van der Waals surface area contributed by atoms with Gasteiger partial charge in [-0.3, -0.25) is 0 Å². The summed E-state index contributed by atoms with van der Waals surface area (Å²) < 4.78 is 0. The molecule has 23 heavy (non-hydrogen) atoms. The lowest BCUT2D eigenvalue weighted by Crippen LogP contribution is -2.53. The molecule has 2 bridgehead atoms. The average Bonchev–Trinajstić information content (AvgIpc) is 2.94. The fraction of sp³-hybridized carbons (Fsp3) is 0.700. The van der Waals surface area contributed by atoms with Gasteiger partial charge in [0.25, 0.3) is 0 Å². The Bertz CT molecular complexity index is 564. The molecule has 2 unspecified atom stereocenters. The summed E-state index contributed by atoms with van der Waals surface area (Å²) in [7, 11) is 0. The van der Waals surface area contributed by atoms with E-state index in [1.54, 1.807) is 5.56 Å². The number of piperidine rings is 2. The molecule has 0 aliphatic carbocycles. The minimum atomic E-state index is 0.449. The van der Waals surface area contributed by atoms with Crippen LogP contribution in [0.5, 0.6) is 0 Å². The van der Waals surface area contributed by atoms with Gasteiger partial charge in [-0.25, -0.2) is 0 Å². The molecule has 3 fully saturated rings. The van der Waals surface area contributed by atoms with E-state index in [9.17, 15) is 0 Å². The number of hydrogen-bond donors (Lipinski definition) is 2. The zero-order valence-corrected chi connectivity index (χ0v) is 14.1. The molecule has 2 N–H and O–H groups in total. The molecule has 0 amide bonds. The number of anilines is 1. The van der Waals surface area contributed by atoms with E-state index in [1.807, 2.05) is 0 Å². The topological polar surface area (TPSA) is 27.3 Å². The van der Waals surface area contributed by atoms with E-state index in [4.69, 9.17) is 0 Å². The van der Waals surface area contributed by atoms with E-state index < -0.39 is 0 Å². The molecule has 0 aromatic heterocycles. The van der Waals surface area contributed by atoms with Crippen LogP contribution in [0.2, 0.25) is 0 Å². The standard InChI is InChI=1S/C20H29N3/c1-2-4-19-18(3-1)20(7-10-21-19)8-11-23(12-9-20)17-13-15-5-6-16(14-17)22-15/h1-4,15-17,21-22H,5-14H2. The molecular formula is C20H29N3. The van der Waals surface area contributed by atoms with Crippen molar-refractivity contribution in [2.45, 2.75) is 68.5 Å². The minimum absolute atomic E-state index is 0.449. The van der Waals surface area contributed by atoms with Crippen LogP contribution >= 0.6 is 0 Å². The molecule has 1 aromatic carbocycles. The van der Waals surface area contributed by atoms with Gasteiger partial charge < -0.3 is 15.5 Å². The lowest BCUT2D eigenvalue weighted by atomic mass is 9.68. The Morgan fingerprint density at radius 2 is 1.70 bits per heavy atom. The maximum absolute atomic E-state index is 3.79. The number of benzene rings is 1. The Kier molecular flexibility index (Phi) is 3.41. The Hall–Kier alpha value is -1.06. The fourth-order valence-corrected chi connectivity index (χ4v) is 5.83. The second-order valence-corrected chi connectivity index (χ2v) is 8.30. The van der Waals surface area contributed by atoms with Crippen LogP contribution in [-0.4, -0.2) is 42.7 Å². The average molecular weight is 311 g/mol. The first-order valence-electron chi connectivity index (χ1n) is 9.66. The van der Waals surface area contributed by atoms with Gasteiger partial charge in [0.05, 0.1) is 0 Å². The number of likely N-dealkylation sites (tertiary alicyclic amines) is 1. The van der Waals surface area contributed by atoms with Crippen molar-refractivity contribution in [3.05, 3.63) is 29.8 Å². The predicted molar refractivity (Wildman–Crippen MR) is 95.0 cm³/mol. The summed E-state index contributed by atoms with van der Waals surface area (Å²) in [5, 5.41) is 7.40. The third-order valence-electron chi connectivity index (χ3n) is 7.14. The summed E-state index contributed by atoms with van der Waals surface area (Å²) in [6.45, 7) is 3.76. The van der Waals surface area contributed by atoms with Crippen molar-refractivity contribution in [2.75, 3.05) is 25.0 Å². The summed E-state index contributed by atoms with van der Waals surface area (Å²) in [6, 6.07) is 11.5. The molecule has 4 aliphatic heterocycles. The molecule has 5 rings (SSSR count). The molecule has 3 saturated heterocycles. The molecule has 1 spiro atoms. The summed E-state index contributed by atoms with van der Waals surface area (Å²) >= 11 is 0. The van der Waals surface area contributed by atoms with E-state index in [0.717, 1.165) is 24.7 Å². The van der Waals surface area contributed by atoms with Crippen LogP contribution in [-0.2, 0) is 5.41 Å². The highest BCUT2D eigenvalue weighted by Crippen LogP contribution is 2.45. The lowest BCUT2D eigenvalue weighted by Gasteiger charge is -2.48. The highest BCUT2D eigenvalue weighted by molar-refractivity contribution is 5.57. The first-order valence-corrected chi connectivity index (χ1v) is 9.66. The smallest absolute Gasteiger partial charge is 0.0378 e. The summed E-state index contributed by atoms with van der Waals surface area (Å²) in [5.74, 6) is 0. The number of fused-ring (bicyclic) bond motifs is 4. The Labute approximate surface area is 139 Å². The van der Waals surface area contributed by atoms with Gasteiger partial charge in [0.2, 0.25) is 0 Å². The third-order valence-corrected chi connectivity index (χ3v) is 7.14. The van der Waals surface area contributed by atoms with Gasteiger partial charge in [-0.15, -0.1) is 0 Å². The van der Waals surface area contributed by atoms with E-state index >= 15 is 0 Å². The second-order valence-electron chi connectivity index (χ2n) is 8.30. The fourth-order valence-electron chi connectivity index (χ4n) is 5.83. The van der Waals surface area contributed by atoms with Crippen molar-refractivity contribution >= 4 is 5.69 Å². The molecule has 0 saturated carbocycles. The van der Waals surface area contributed by atoms with Crippen molar-refractivity contribution in [3.8, 4) is 0 Å². The zero-order chi connectivity index (χ0) is 15.3. The van der Waals surface area contributed by atoms with Crippen molar-refractivity contribution < 1.29 is 0 Å². The van der Waals surface area contributed by atoms with E-state index in [2.05, 4.69) is 39.8 Å². The van der Waals surface area contributed by atoms with Crippen LogP contribution < -0.4 is 10.6 Å². The van der Waals surface area contributed by atoms with Crippen LogP contribution in [0.1, 0.15) is 50.5 Å². The molecule has 3 nitrogen and oxygen atoms in total. The van der Waals surface area contributed by atoms with Crippen LogP contribution in [0.15, 0.2) is 24.3 Å². The normalized spacial score (nSPS) is 35.7. The number of hydrogen-bond acceptors (Lipinski definition) is 3. The van der Waals surface area contributed by atoms with Crippen LogP contribution in [0.3, 0.4) is 0 Å². The van der Waals surface area contributed by atoms with Crippen LogP contribution in [0.4, 0.5) is 5.69 Å². The first-order chi connectivity index (χ1) is 11.3. The van der Waals surface area contributed by atoms with Gasteiger partial charge >= 0.3 is 0 Å². The highest BCUT2D eigenvalue weighted by Gasteiger charge is 2.42. The van der Waals surface area contributed by atoms with Gasteiger partial charge in [-0.2, -0.15) is 0 Å². The number of nitrogens with one attached hydrogen (secondary N) is 2. The van der Waals surface area contributed by atoms with Gasteiger partial charge in [0, 0.05) is 35.8 Å². The van der Waals surface area contributed by atoms with E-state index in [0.29, 0.717) is 5.41 Å². The SMILES string of the molecule is c1ccc2c(c1)NCCC21CCN(C2CC3CCC(C2)N3)CC1. The van der Waals surface area contributed by atoms with Crippen LogP contribution in [0.25, 0.3) is 0 Å². The molecule has 124 valence electrons. The largest absolute Gasteiger partial charge is 0.385 e. The van der Waals surface area contributed by atoms with Crippen molar-refractivity contribution in [3.63, 3.8) is 0 Å². The maximum Gasteiger partial charge on any atom is 0.0378 e. The first kappa shape index (κ1) is 14.3. The van der Waals surface area contributed by atoms with Crippen molar-refractivity contribution in [1.29, 1.82) is 0 Å².